The molecule has 0 unspecified atom stereocenters. The molecule has 1 N–H and O–H groups in total. The fourth-order valence-corrected chi connectivity index (χ4v) is 1.50. The number of carbonyl (C=O) groups excluding carboxylic acids is 1. The molecule has 0 aliphatic heterocycles. The third kappa shape index (κ3) is 4.25. The molecule has 0 bridgehead atoms. The first kappa shape index (κ1) is 11.9. The van der Waals surface area contributed by atoms with E-state index in [4.69, 9.17) is 4.74 Å². The lowest BCUT2D eigenvalue weighted by molar-refractivity contribution is -0.140. The number of anilines is 1. The Labute approximate surface area is 94.2 Å². The van der Waals surface area contributed by atoms with Crippen molar-refractivity contribution in [3.8, 4) is 0 Å². The molecule has 4 heteroatoms. The van der Waals surface area contributed by atoms with Crippen LogP contribution in [-0.4, -0.2) is 25.4 Å². The van der Waals surface area contributed by atoms with Gasteiger partial charge in [0.15, 0.2) is 0 Å². The highest BCUT2D eigenvalue weighted by atomic mass is 32.2. The highest BCUT2D eigenvalue weighted by Gasteiger charge is 2.00. The molecule has 0 aliphatic carbocycles. The minimum absolute atomic E-state index is 0.215. The van der Waals surface area contributed by atoms with Crippen molar-refractivity contribution < 1.29 is 9.53 Å². The Morgan fingerprint density at radius 2 is 2.07 bits per heavy atom. The molecule has 1 rings (SSSR count). The topological polar surface area (TPSA) is 38.3 Å². The van der Waals surface area contributed by atoms with E-state index >= 15 is 0 Å². The summed E-state index contributed by atoms with van der Waals surface area (Å²) in [6.07, 6.45) is 2.03. The molecule has 0 atom stereocenters. The number of hydrogen-bond donors (Lipinski definition) is 1. The summed E-state index contributed by atoms with van der Waals surface area (Å²) in [6, 6.07) is 7.92. The summed E-state index contributed by atoms with van der Waals surface area (Å²) >= 11 is 1.69. The van der Waals surface area contributed by atoms with E-state index in [0.717, 1.165) is 5.69 Å². The van der Waals surface area contributed by atoms with Gasteiger partial charge in [0.25, 0.3) is 0 Å². The zero-order valence-corrected chi connectivity index (χ0v) is 9.76. The lowest BCUT2D eigenvalue weighted by Crippen LogP contribution is -2.16. The van der Waals surface area contributed by atoms with E-state index in [1.807, 2.05) is 30.5 Å². The Morgan fingerprint density at radius 3 is 2.60 bits per heavy atom. The fraction of sp³-hybridized carbons (Fsp3) is 0.364. The lowest BCUT2D eigenvalue weighted by atomic mass is 10.3. The Balaban J connectivity index is 2.40. The first-order chi connectivity index (χ1) is 7.26. The van der Waals surface area contributed by atoms with E-state index in [1.165, 1.54) is 4.90 Å². The van der Waals surface area contributed by atoms with E-state index in [1.54, 1.807) is 18.7 Å². The molecular formula is C11H15NO2S. The number of carbonyl (C=O) groups is 1. The minimum atomic E-state index is -0.230. The summed E-state index contributed by atoms with van der Waals surface area (Å²) in [5, 5.41) is 3.00. The molecule has 0 aromatic heterocycles. The van der Waals surface area contributed by atoms with E-state index in [-0.39, 0.29) is 12.5 Å². The summed E-state index contributed by atoms with van der Waals surface area (Å²) in [5.74, 6) is -0.230. The number of nitrogens with one attached hydrogen (secondary N) is 1. The largest absolute Gasteiger partial charge is 0.465 e. The van der Waals surface area contributed by atoms with Gasteiger partial charge in [-0.1, -0.05) is 0 Å². The molecule has 0 heterocycles. The maximum absolute atomic E-state index is 11.1. The molecule has 0 fully saturated rings. The Kier molecular flexibility index (Phi) is 5.04. The van der Waals surface area contributed by atoms with E-state index < -0.39 is 0 Å². The van der Waals surface area contributed by atoms with Crippen molar-refractivity contribution in [2.75, 3.05) is 24.7 Å². The van der Waals surface area contributed by atoms with Gasteiger partial charge in [-0.3, -0.25) is 4.79 Å². The van der Waals surface area contributed by atoms with Gasteiger partial charge < -0.3 is 10.1 Å². The second-order valence-electron chi connectivity index (χ2n) is 2.89. The van der Waals surface area contributed by atoms with E-state index in [2.05, 4.69) is 5.32 Å². The maximum atomic E-state index is 11.1. The van der Waals surface area contributed by atoms with Crippen LogP contribution in [0.5, 0.6) is 0 Å². The molecule has 15 heavy (non-hydrogen) atoms. The van der Waals surface area contributed by atoms with E-state index in [0.29, 0.717) is 6.61 Å². The molecule has 0 spiro atoms. The summed E-state index contributed by atoms with van der Waals surface area (Å²) in [5.41, 5.74) is 0.931. The van der Waals surface area contributed by atoms with Crippen LogP contribution in [0.15, 0.2) is 29.2 Å². The van der Waals surface area contributed by atoms with Gasteiger partial charge in [0.05, 0.1) is 6.61 Å². The standard InChI is InChI=1S/C11H15NO2S/c1-3-14-11(13)8-12-9-4-6-10(15-2)7-5-9/h4-7,12H,3,8H2,1-2H3. The van der Waals surface area contributed by atoms with Crippen LogP contribution in [-0.2, 0) is 9.53 Å². The zero-order valence-electron chi connectivity index (χ0n) is 8.95. The van der Waals surface area contributed by atoms with Crippen LogP contribution in [0.4, 0.5) is 5.69 Å². The van der Waals surface area contributed by atoms with Crippen LogP contribution < -0.4 is 5.32 Å². The van der Waals surface area contributed by atoms with Gasteiger partial charge in [0.2, 0.25) is 0 Å². The van der Waals surface area contributed by atoms with Crippen LogP contribution in [0.25, 0.3) is 0 Å². The lowest BCUT2D eigenvalue weighted by Gasteiger charge is -2.06. The van der Waals surface area contributed by atoms with Crippen molar-refractivity contribution in [1.82, 2.24) is 0 Å². The van der Waals surface area contributed by atoms with E-state index in [9.17, 15) is 4.79 Å². The maximum Gasteiger partial charge on any atom is 0.325 e. The number of benzene rings is 1. The van der Waals surface area contributed by atoms with Gasteiger partial charge in [0, 0.05) is 10.6 Å². The summed E-state index contributed by atoms with van der Waals surface area (Å²) < 4.78 is 4.80. The Morgan fingerprint density at radius 1 is 1.40 bits per heavy atom. The average molecular weight is 225 g/mol. The SMILES string of the molecule is CCOC(=O)CNc1ccc(SC)cc1. The number of thioether (sulfide) groups is 1. The van der Waals surface area contributed by atoms with Crippen molar-refractivity contribution in [2.24, 2.45) is 0 Å². The molecule has 0 saturated heterocycles. The molecule has 0 radical (unpaired) electrons. The highest BCUT2D eigenvalue weighted by Crippen LogP contribution is 2.17. The van der Waals surface area contributed by atoms with Crippen LogP contribution in [0.3, 0.4) is 0 Å². The normalized spacial score (nSPS) is 9.73. The third-order valence-corrected chi connectivity index (χ3v) is 2.58. The smallest absolute Gasteiger partial charge is 0.325 e. The van der Waals surface area contributed by atoms with Crippen LogP contribution in [0, 0.1) is 0 Å². The second-order valence-corrected chi connectivity index (χ2v) is 3.77. The van der Waals surface area contributed by atoms with Gasteiger partial charge in [-0.25, -0.2) is 0 Å². The van der Waals surface area contributed by atoms with Gasteiger partial charge in [-0.05, 0) is 37.4 Å². The Bertz CT molecular complexity index is 311. The predicted molar refractivity (Wildman–Crippen MR) is 63.3 cm³/mol. The monoisotopic (exact) mass is 225 g/mol. The Hall–Kier alpha value is -1.16. The number of rotatable bonds is 5. The van der Waals surface area contributed by atoms with Gasteiger partial charge >= 0.3 is 5.97 Å². The number of hydrogen-bond acceptors (Lipinski definition) is 4. The number of ether oxygens (including phenoxy) is 1. The molecule has 0 amide bonds. The van der Waals surface area contributed by atoms with Crippen molar-refractivity contribution in [3.05, 3.63) is 24.3 Å². The molecule has 82 valence electrons. The summed E-state index contributed by atoms with van der Waals surface area (Å²) in [4.78, 5) is 12.3. The third-order valence-electron chi connectivity index (χ3n) is 1.83. The minimum Gasteiger partial charge on any atom is -0.465 e. The average Bonchev–Trinajstić information content (AvgIpc) is 2.27. The second kappa shape index (κ2) is 6.35. The van der Waals surface area contributed by atoms with Crippen LogP contribution in [0.2, 0.25) is 0 Å². The number of esters is 1. The van der Waals surface area contributed by atoms with Gasteiger partial charge in [0.1, 0.15) is 6.54 Å². The van der Waals surface area contributed by atoms with Crippen molar-refractivity contribution >= 4 is 23.4 Å². The van der Waals surface area contributed by atoms with Crippen LogP contribution >= 0.6 is 11.8 Å². The summed E-state index contributed by atoms with van der Waals surface area (Å²) in [6.45, 7) is 2.43. The molecule has 1 aromatic carbocycles. The highest BCUT2D eigenvalue weighted by molar-refractivity contribution is 7.98. The molecular weight excluding hydrogens is 210 g/mol. The molecule has 3 nitrogen and oxygen atoms in total. The van der Waals surface area contributed by atoms with Crippen molar-refractivity contribution in [2.45, 2.75) is 11.8 Å². The van der Waals surface area contributed by atoms with Gasteiger partial charge in [-0.2, -0.15) is 0 Å². The molecule has 1 aromatic rings. The van der Waals surface area contributed by atoms with Crippen molar-refractivity contribution in [3.63, 3.8) is 0 Å². The van der Waals surface area contributed by atoms with Crippen LogP contribution in [0.1, 0.15) is 6.92 Å². The molecule has 0 saturated carbocycles. The van der Waals surface area contributed by atoms with Crippen molar-refractivity contribution in [1.29, 1.82) is 0 Å². The fourth-order valence-electron chi connectivity index (χ4n) is 1.10. The first-order valence-corrected chi connectivity index (χ1v) is 6.02. The zero-order chi connectivity index (χ0) is 11.1. The van der Waals surface area contributed by atoms with Gasteiger partial charge in [-0.15, -0.1) is 11.8 Å². The molecule has 0 aliphatic rings. The predicted octanol–water partition coefficient (Wildman–Crippen LogP) is 2.38. The quantitative estimate of drug-likeness (QED) is 0.617. The first-order valence-electron chi connectivity index (χ1n) is 4.79. The summed E-state index contributed by atoms with van der Waals surface area (Å²) in [7, 11) is 0.